The Morgan fingerprint density at radius 3 is 2.86 bits per heavy atom. The number of hydrogen-bond acceptors (Lipinski definition) is 3. The first-order valence-corrected chi connectivity index (χ1v) is 6.93. The minimum absolute atomic E-state index is 0.375. The van der Waals surface area contributed by atoms with Gasteiger partial charge in [0.15, 0.2) is 11.4 Å². The summed E-state index contributed by atoms with van der Waals surface area (Å²) in [6, 6.07) is 7.61. The molecule has 3 aromatic rings. The number of allylic oxidation sites excluding steroid dienone is 1. The van der Waals surface area contributed by atoms with E-state index < -0.39 is 0 Å². The highest BCUT2D eigenvalue weighted by Crippen LogP contribution is 2.27. The Morgan fingerprint density at radius 1 is 1.36 bits per heavy atom. The second kappa shape index (κ2) is 5.74. The summed E-state index contributed by atoms with van der Waals surface area (Å²) in [7, 11) is 0. The number of imidazole rings is 1. The summed E-state index contributed by atoms with van der Waals surface area (Å²) >= 11 is 0. The third-order valence-corrected chi connectivity index (χ3v) is 3.29. The minimum atomic E-state index is 0.375. The van der Waals surface area contributed by atoms with Crippen LogP contribution in [0, 0.1) is 12.3 Å². The van der Waals surface area contributed by atoms with Gasteiger partial charge in [-0.15, -0.1) is 6.42 Å². The van der Waals surface area contributed by atoms with Crippen LogP contribution in [0.25, 0.3) is 35.0 Å². The van der Waals surface area contributed by atoms with Gasteiger partial charge in [-0.3, -0.25) is 0 Å². The molecule has 0 amide bonds. The number of aromatic nitrogens is 3. The van der Waals surface area contributed by atoms with Crippen LogP contribution in [0.3, 0.4) is 0 Å². The maximum Gasteiger partial charge on any atom is 0.264 e. The molecule has 0 bridgehead atoms. The quantitative estimate of drug-likeness (QED) is 0.682. The lowest BCUT2D eigenvalue weighted by atomic mass is 10.3. The number of oxazole rings is 1. The molecule has 1 aromatic carbocycles. The highest BCUT2D eigenvalue weighted by Gasteiger charge is 2.19. The van der Waals surface area contributed by atoms with Gasteiger partial charge in [0.2, 0.25) is 0 Å². The van der Waals surface area contributed by atoms with E-state index in [4.69, 9.17) is 10.8 Å². The Bertz CT molecular complexity index is 873. The molecule has 0 aliphatic rings. The molecular formula is C18H15N3O. The van der Waals surface area contributed by atoms with Crippen molar-refractivity contribution in [1.82, 2.24) is 14.5 Å². The lowest BCUT2D eigenvalue weighted by molar-refractivity contribution is 0.606. The Labute approximate surface area is 128 Å². The van der Waals surface area contributed by atoms with Gasteiger partial charge in [0.25, 0.3) is 5.89 Å². The summed E-state index contributed by atoms with van der Waals surface area (Å²) in [5.41, 5.74) is 3.17. The monoisotopic (exact) mass is 289 g/mol. The Kier molecular flexibility index (Phi) is 3.63. The van der Waals surface area contributed by atoms with Gasteiger partial charge in [-0.1, -0.05) is 30.7 Å². The third kappa shape index (κ3) is 2.23. The third-order valence-electron chi connectivity index (χ3n) is 3.29. The molecule has 0 saturated carbocycles. The van der Waals surface area contributed by atoms with Crippen LogP contribution in [0.5, 0.6) is 0 Å². The van der Waals surface area contributed by atoms with Gasteiger partial charge in [-0.05, 0) is 31.2 Å². The Morgan fingerprint density at radius 2 is 2.18 bits per heavy atom. The van der Waals surface area contributed by atoms with Crippen LogP contribution in [-0.2, 0) is 6.54 Å². The first-order valence-electron chi connectivity index (χ1n) is 6.93. The lowest BCUT2D eigenvalue weighted by Gasteiger charge is -2.03. The molecular weight excluding hydrogens is 274 g/mol. The number of nitrogens with zero attached hydrogens (tertiary/aromatic N) is 3. The van der Waals surface area contributed by atoms with E-state index in [9.17, 15) is 0 Å². The normalized spacial score (nSPS) is 11.1. The van der Waals surface area contributed by atoms with Crippen LogP contribution in [-0.4, -0.2) is 14.5 Å². The maximum absolute atomic E-state index is 5.81. The van der Waals surface area contributed by atoms with Crippen molar-refractivity contribution in [2.75, 3.05) is 0 Å². The van der Waals surface area contributed by atoms with Crippen LogP contribution < -0.4 is 0 Å². The van der Waals surface area contributed by atoms with E-state index in [2.05, 4.69) is 22.5 Å². The van der Waals surface area contributed by atoms with Crippen molar-refractivity contribution in [2.45, 2.75) is 13.5 Å². The largest absolute Gasteiger partial charge is 0.434 e. The number of benzene rings is 1. The van der Waals surface area contributed by atoms with Gasteiger partial charge in [-0.25, -0.2) is 9.97 Å². The first-order chi connectivity index (χ1) is 10.8. The van der Waals surface area contributed by atoms with Crippen molar-refractivity contribution < 1.29 is 4.42 Å². The lowest BCUT2D eigenvalue weighted by Crippen LogP contribution is -2.01. The fourth-order valence-electron chi connectivity index (χ4n) is 2.36. The van der Waals surface area contributed by atoms with Gasteiger partial charge in [0.1, 0.15) is 5.52 Å². The second-order valence-corrected chi connectivity index (χ2v) is 4.69. The fraction of sp³-hybridized carbons (Fsp3) is 0.111. The molecule has 108 valence electrons. The summed E-state index contributed by atoms with van der Waals surface area (Å²) in [6.07, 6.45) is 11.1. The molecule has 0 N–H and O–H groups in total. The van der Waals surface area contributed by atoms with Crippen molar-refractivity contribution >= 4 is 23.3 Å². The van der Waals surface area contributed by atoms with Crippen LogP contribution in [0.2, 0.25) is 0 Å². The second-order valence-electron chi connectivity index (χ2n) is 4.69. The van der Waals surface area contributed by atoms with Gasteiger partial charge in [0, 0.05) is 0 Å². The van der Waals surface area contributed by atoms with Crippen LogP contribution in [0.1, 0.15) is 18.3 Å². The van der Waals surface area contributed by atoms with Gasteiger partial charge in [-0.2, -0.15) is 0 Å². The molecule has 2 heterocycles. The van der Waals surface area contributed by atoms with Crippen molar-refractivity contribution in [3.05, 3.63) is 48.3 Å². The molecule has 0 aliphatic carbocycles. The molecule has 2 aromatic heterocycles. The summed E-state index contributed by atoms with van der Waals surface area (Å²) in [6.45, 7) is 6.16. The molecule has 3 rings (SSSR count). The number of fused-ring (bicyclic) bond motifs is 1. The minimum Gasteiger partial charge on any atom is -0.434 e. The summed E-state index contributed by atoms with van der Waals surface area (Å²) in [4.78, 5) is 9.11. The number of hydrogen-bond donors (Lipinski definition) is 0. The molecule has 0 spiro atoms. The topological polar surface area (TPSA) is 43.9 Å². The predicted molar refractivity (Wildman–Crippen MR) is 88.9 cm³/mol. The van der Waals surface area contributed by atoms with Crippen molar-refractivity contribution in [2.24, 2.45) is 0 Å². The maximum atomic E-state index is 5.81. The molecule has 0 radical (unpaired) electrons. The molecule has 0 unspecified atom stereocenters. The van der Waals surface area contributed by atoms with E-state index in [1.165, 1.54) is 0 Å². The molecule has 0 saturated heterocycles. The predicted octanol–water partition coefficient (Wildman–Crippen LogP) is 4.00. The van der Waals surface area contributed by atoms with Crippen molar-refractivity contribution in [3.8, 4) is 24.1 Å². The standard InChI is InChI=1S/C18H15N3O/c1-4-9-13-15(6-3)21(12-5-2)17(19-13)18-20-14-10-7-8-11-16(14)22-18/h2,4,6-11H,3,12H2,1H3/b9-4-. The molecule has 0 aliphatic heterocycles. The van der Waals surface area contributed by atoms with E-state index in [-0.39, 0.29) is 0 Å². The summed E-state index contributed by atoms with van der Waals surface area (Å²) in [5.74, 6) is 3.70. The van der Waals surface area contributed by atoms with Crippen LogP contribution in [0.4, 0.5) is 0 Å². The van der Waals surface area contributed by atoms with Gasteiger partial charge in [0.05, 0.1) is 17.9 Å². The zero-order valence-electron chi connectivity index (χ0n) is 12.3. The number of rotatable bonds is 4. The SMILES string of the molecule is C#CCn1c(-c2nc3ccccc3o2)nc(/C=C\C)c1C=C. The van der Waals surface area contributed by atoms with Crippen LogP contribution in [0.15, 0.2) is 41.3 Å². The van der Waals surface area contributed by atoms with E-state index >= 15 is 0 Å². The van der Waals surface area contributed by atoms with Gasteiger partial charge < -0.3 is 8.98 Å². The molecule has 0 fully saturated rings. The summed E-state index contributed by atoms with van der Waals surface area (Å²) in [5, 5.41) is 0. The highest BCUT2D eigenvalue weighted by atomic mass is 16.3. The summed E-state index contributed by atoms with van der Waals surface area (Å²) < 4.78 is 7.69. The smallest absolute Gasteiger partial charge is 0.264 e. The fourth-order valence-corrected chi connectivity index (χ4v) is 2.36. The molecule has 4 heteroatoms. The molecule has 22 heavy (non-hydrogen) atoms. The average Bonchev–Trinajstić information content (AvgIpc) is 3.09. The van der Waals surface area contributed by atoms with Crippen molar-refractivity contribution in [1.29, 1.82) is 0 Å². The zero-order chi connectivity index (χ0) is 15.5. The first kappa shape index (κ1) is 13.9. The average molecular weight is 289 g/mol. The van der Waals surface area contributed by atoms with Crippen LogP contribution >= 0.6 is 0 Å². The molecule has 4 nitrogen and oxygen atoms in total. The number of terminal acetylenes is 1. The van der Waals surface area contributed by atoms with E-state index in [1.807, 2.05) is 47.9 Å². The highest BCUT2D eigenvalue weighted by molar-refractivity contribution is 5.75. The van der Waals surface area contributed by atoms with Gasteiger partial charge >= 0.3 is 0 Å². The zero-order valence-corrected chi connectivity index (χ0v) is 12.3. The Hall–Kier alpha value is -3.06. The van der Waals surface area contributed by atoms with E-state index in [1.54, 1.807) is 6.08 Å². The van der Waals surface area contributed by atoms with E-state index in [0.717, 1.165) is 22.5 Å². The Balaban J connectivity index is 2.24. The number of para-hydroxylation sites is 2. The van der Waals surface area contributed by atoms with E-state index in [0.29, 0.717) is 18.3 Å². The van der Waals surface area contributed by atoms with Crippen molar-refractivity contribution in [3.63, 3.8) is 0 Å². The molecule has 0 atom stereocenters.